The molecule has 0 aliphatic carbocycles. The number of fused-ring (bicyclic) bond motifs is 1. The second-order valence-corrected chi connectivity index (χ2v) is 6.16. The van der Waals surface area contributed by atoms with Crippen LogP contribution in [0.3, 0.4) is 0 Å². The van der Waals surface area contributed by atoms with Crippen LogP contribution in [0, 0.1) is 11.7 Å². The minimum atomic E-state index is -0.609. The number of benzene rings is 2. The van der Waals surface area contributed by atoms with Gasteiger partial charge < -0.3 is 9.47 Å². The van der Waals surface area contributed by atoms with Crippen molar-refractivity contribution in [3.05, 3.63) is 58.9 Å². The van der Waals surface area contributed by atoms with E-state index in [0.29, 0.717) is 17.2 Å². The number of hydrazine groups is 1. The summed E-state index contributed by atoms with van der Waals surface area (Å²) >= 11 is 5.95. The number of hydrogen-bond acceptors (Lipinski definition) is 4. The van der Waals surface area contributed by atoms with E-state index in [1.54, 1.807) is 24.3 Å². The molecule has 2 aromatic rings. The average molecular weight is 379 g/mol. The molecule has 0 fully saturated rings. The van der Waals surface area contributed by atoms with E-state index in [1.807, 2.05) is 0 Å². The lowest BCUT2D eigenvalue weighted by Gasteiger charge is -2.24. The molecule has 0 bridgehead atoms. The summed E-state index contributed by atoms with van der Waals surface area (Å²) in [5.74, 6) is -1.38. The largest absolute Gasteiger partial charge is 0.492 e. The maximum absolute atomic E-state index is 13.4. The summed E-state index contributed by atoms with van der Waals surface area (Å²) < 4.78 is 24.0. The molecule has 1 aliphatic rings. The van der Waals surface area contributed by atoms with Gasteiger partial charge in [0.2, 0.25) is 5.91 Å². The van der Waals surface area contributed by atoms with Crippen LogP contribution in [0.1, 0.15) is 5.56 Å². The first-order valence-electron chi connectivity index (χ1n) is 7.90. The number of carbonyl (C=O) groups excluding carboxylic acids is 2. The molecule has 1 heterocycles. The zero-order valence-electron chi connectivity index (χ0n) is 13.6. The highest BCUT2D eigenvalue weighted by molar-refractivity contribution is 6.30. The van der Waals surface area contributed by atoms with E-state index in [9.17, 15) is 14.0 Å². The zero-order chi connectivity index (χ0) is 18.5. The molecule has 136 valence electrons. The van der Waals surface area contributed by atoms with Crippen LogP contribution in [-0.2, 0) is 16.0 Å². The van der Waals surface area contributed by atoms with Gasteiger partial charge in [-0.3, -0.25) is 20.4 Å². The average Bonchev–Trinajstić information content (AvgIpc) is 2.64. The van der Waals surface area contributed by atoms with E-state index < -0.39 is 30.2 Å². The van der Waals surface area contributed by atoms with Gasteiger partial charge in [-0.2, -0.15) is 0 Å². The summed E-state index contributed by atoms with van der Waals surface area (Å²) in [4.78, 5) is 23.9. The highest BCUT2D eigenvalue weighted by Crippen LogP contribution is 2.29. The molecule has 26 heavy (non-hydrogen) atoms. The van der Waals surface area contributed by atoms with E-state index in [4.69, 9.17) is 21.1 Å². The Balaban J connectivity index is 1.47. The van der Waals surface area contributed by atoms with Crippen molar-refractivity contribution in [1.82, 2.24) is 10.9 Å². The molecule has 0 spiro atoms. The van der Waals surface area contributed by atoms with Gasteiger partial charge in [0.15, 0.2) is 18.2 Å². The monoisotopic (exact) mass is 378 g/mol. The highest BCUT2D eigenvalue weighted by atomic mass is 35.5. The zero-order valence-corrected chi connectivity index (χ0v) is 14.4. The van der Waals surface area contributed by atoms with E-state index >= 15 is 0 Å². The molecule has 1 aliphatic heterocycles. The summed E-state index contributed by atoms with van der Waals surface area (Å²) in [6, 6.07) is 11.0. The smallest absolute Gasteiger partial charge is 0.276 e. The predicted octanol–water partition coefficient (Wildman–Crippen LogP) is 2.26. The molecule has 6 nitrogen and oxygen atoms in total. The molecule has 0 radical (unpaired) electrons. The summed E-state index contributed by atoms with van der Waals surface area (Å²) in [5, 5.41) is 0.562. The lowest BCUT2D eigenvalue weighted by molar-refractivity contribution is -0.132. The minimum Gasteiger partial charge on any atom is -0.492 e. The Morgan fingerprint density at radius 2 is 2.04 bits per heavy atom. The number of halogens is 2. The van der Waals surface area contributed by atoms with E-state index in [-0.39, 0.29) is 12.4 Å². The van der Waals surface area contributed by atoms with Gasteiger partial charge in [0.05, 0.1) is 5.92 Å². The third-order valence-electron chi connectivity index (χ3n) is 3.82. The van der Waals surface area contributed by atoms with Crippen LogP contribution in [0.15, 0.2) is 42.5 Å². The molecule has 3 rings (SSSR count). The fraction of sp³-hybridized carbons (Fsp3) is 0.222. The Bertz CT molecular complexity index is 831. The van der Waals surface area contributed by atoms with Gasteiger partial charge in [-0.05, 0) is 42.3 Å². The number of carbonyl (C=O) groups is 2. The third kappa shape index (κ3) is 4.43. The molecule has 2 N–H and O–H groups in total. The van der Waals surface area contributed by atoms with Gasteiger partial charge in [-0.1, -0.05) is 23.7 Å². The standard InChI is InChI=1S/C18H16ClFN2O4/c19-13-5-6-15-11(8-13)7-12(9-25-15)18(24)22-21-17(23)10-26-16-4-2-1-3-14(16)20/h1-6,8,12H,7,9-10H2,(H,21,23)(H,22,24)/t12-/m0/s1. The molecular formula is C18H16ClFN2O4. The van der Waals surface area contributed by atoms with Gasteiger partial charge in [0.25, 0.3) is 5.91 Å². The highest BCUT2D eigenvalue weighted by Gasteiger charge is 2.26. The number of amides is 2. The Kier molecular flexibility index (Phi) is 5.58. The molecule has 0 unspecified atom stereocenters. The van der Waals surface area contributed by atoms with Gasteiger partial charge in [0.1, 0.15) is 12.4 Å². The van der Waals surface area contributed by atoms with Gasteiger partial charge in [0, 0.05) is 5.02 Å². The number of rotatable bonds is 4. The lowest BCUT2D eigenvalue weighted by atomic mass is 9.96. The molecule has 8 heteroatoms. The quantitative estimate of drug-likeness (QED) is 0.800. The van der Waals surface area contributed by atoms with Crippen molar-refractivity contribution < 1.29 is 23.5 Å². The molecule has 2 amide bonds. The first-order chi connectivity index (χ1) is 12.5. The Labute approximate surface area is 154 Å². The summed E-state index contributed by atoms with van der Waals surface area (Å²) in [6.07, 6.45) is 0.448. The lowest BCUT2D eigenvalue weighted by Crippen LogP contribution is -2.48. The van der Waals surface area contributed by atoms with Crippen molar-refractivity contribution in [2.75, 3.05) is 13.2 Å². The van der Waals surface area contributed by atoms with E-state index in [0.717, 1.165) is 5.56 Å². The summed E-state index contributed by atoms with van der Waals surface area (Å²) in [5.41, 5.74) is 5.39. The summed E-state index contributed by atoms with van der Waals surface area (Å²) in [6.45, 7) is -0.233. The second-order valence-electron chi connectivity index (χ2n) is 5.72. The number of para-hydroxylation sites is 1. The van der Waals surface area contributed by atoms with Crippen LogP contribution in [0.4, 0.5) is 4.39 Å². The topological polar surface area (TPSA) is 76.7 Å². The Morgan fingerprint density at radius 3 is 2.85 bits per heavy atom. The van der Waals surface area contributed by atoms with Crippen LogP contribution in [-0.4, -0.2) is 25.0 Å². The maximum Gasteiger partial charge on any atom is 0.276 e. The van der Waals surface area contributed by atoms with E-state index in [2.05, 4.69) is 10.9 Å². The molecule has 0 aromatic heterocycles. The van der Waals surface area contributed by atoms with Crippen LogP contribution >= 0.6 is 11.6 Å². The Morgan fingerprint density at radius 1 is 1.23 bits per heavy atom. The number of ether oxygens (including phenoxy) is 2. The van der Waals surface area contributed by atoms with Gasteiger partial charge >= 0.3 is 0 Å². The van der Waals surface area contributed by atoms with Crippen molar-refractivity contribution in [1.29, 1.82) is 0 Å². The van der Waals surface area contributed by atoms with Gasteiger partial charge in [-0.25, -0.2) is 4.39 Å². The third-order valence-corrected chi connectivity index (χ3v) is 4.06. The van der Waals surface area contributed by atoms with Crippen molar-refractivity contribution >= 4 is 23.4 Å². The minimum absolute atomic E-state index is 0.0388. The van der Waals surface area contributed by atoms with Crippen LogP contribution in [0.5, 0.6) is 11.5 Å². The first kappa shape index (κ1) is 18.0. The van der Waals surface area contributed by atoms with Crippen molar-refractivity contribution in [3.63, 3.8) is 0 Å². The normalized spacial score (nSPS) is 15.4. The fourth-order valence-corrected chi connectivity index (χ4v) is 2.70. The molecule has 2 aromatic carbocycles. The predicted molar refractivity (Wildman–Crippen MR) is 92.3 cm³/mol. The molecule has 1 atom stereocenters. The second kappa shape index (κ2) is 8.05. The van der Waals surface area contributed by atoms with Crippen molar-refractivity contribution in [2.24, 2.45) is 5.92 Å². The fourth-order valence-electron chi connectivity index (χ4n) is 2.51. The van der Waals surface area contributed by atoms with Crippen molar-refractivity contribution in [3.8, 4) is 11.5 Å². The number of hydrogen-bond donors (Lipinski definition) is 2. The molecule has 0 saturated heterocycles. The summed E-state index contributed by atoms with van der Waals surface area (Å²) in [7, 11) is 0. The molecular weight excluding hydrogens is 363 g/mol. The Hall–Kier alpha value is -2.80. The molecule has 0 saturated carbocycles. The number of nitrogens with one attached hydrogen (secondary N) is 2. The van der Waals surface area contributed by atoms with Crippen LogP contribution in [0.2, 0.25) is 5.02 Å². The van der Waals surface area contributed by atoms with Crippen molar-refractivity contribution in [2.45, 2.75) is 6.42 Å². The SMILES string of the molecule is O=C(COc1ccccc1F)NNC(=O)[C@@H]1COc2ccc(Cl)cc2C1. The van der Waals surface area contributed by atoms with Crippen LogP contribution < -0.4 is 20.3 Å². The van der Waals surface area contributed by atoms with E-state index in [1.165, 1.54) is 18.2 Å². The first-order valence-corrected chi connectivity index (χ1v) is 8.28. The maximum atomic E-state index is 13.4. The van der Waals surface area contributed by atoms with Crippen LogP contribution in [0.25, 0.3) is 0 Å². The van der Waals surface area contributed by atoms with Gasteiger partial charge in [-0.15, -0.1) is 0 Å².